The molecule has 1 heterocycles. The third-order valence-electron chi connectivity index (χ3n) is 2.64. The van der Waals surface area contributed by atoms with Gasteiger partial charge in [0.05, 0.1) is 0 Å². The van der Waals surface area contributed by atoms with Crippen molar-refractivity contribution in [2.45, 2.75) is 33.4 Å². The fourth-order valence-corrected chi connectivity index (χ4v) is 1.65. The van der Waals surface area contributed by atoms with Crippen LogP contribution in [-0.2, 0) is 6.61 Å². The zero-order chi connectivity index (χ0) is 13.1. The van der Waals surface area contributed by atoms with E-state index in [1.165, 1.54) is 0 Å². The summed E-state index contributed by atoms with van der Waals surface area (Å²) in [6.45, 7) is 5.97. The Bertz CT molecular complexity index is 535. The Kier molecular flexibility index (Phi) is 3.62. The number of aryl methyl sites for hydroxylation is 2. The molecule has 0 aliphatic rings. The Labute approximate surface area is 106 Å². The Hall–Kier alpha value is -1.88. The van der Waals surface area contributed by atoms with Gasteiger partial charge in [-0.05, 0) is 31.0 Å². The molecule has 0 spiro atoms. The highest BCUT2D eigenvalue weighted by Gasteiger charge is 2.07. The van der Waals surface area contributed by atoms with Gasteiger partial charge in [-0.2, -0.15) is 0 Å². The molecule has 0 saturated heterocycles. The van der Waals surface area contributed by atoms with Crippen LogP contribution >= 0.6 is 0 Å². The predicted octanol–water partition coefficient (Wildman–Crippen LogP) is 2.29. The third kappa shape index (κ3) is 2.87. The van der Waals surface area contributed by atoms with E-state index in [9.17, 15) is 0 Å². The summed E-state index contributed by atoms with van der Waals surface area (Å²) in [4.78, 5) is 0. The number of hydrogen-bond acceptors (Lipinski definition) is 5. The first-order valence-electron chi connectivity index (χ1n) is 5.84. The molecule has 0 amide bonds. The monoisotopic (exact) mass is 247 g/mol. The smallest absolute Gasteiger partial charge is 0.253 e. The van der Waals surface area contributed by atoms with Crippen molar-refractivity contribution in [3.63, 3.8) is 0 Å². The van der Waals surface area contributed by atoms with E-state index in [0.717, 1.165) is 16.9 Å². The van der Waals surface area contributed by atoms with Gasteiger partial charge in [0.2, 0.25) is 5.89 Å². The first-order valence-corrected chi connectivity index (χ1v) is 5.84. The molecule has 5 nitrogen and oxygen atoms in total. The molecule has 0 radical (unpaired) electrons. The number of aromatic nitrogens is 2. The van der Waals surface area contributed by atoms with E-state index in [2.05, 4.69) is 10.2 Å². The van der Waals surface area contributed by atoms with Crippen molar-refractivity contribution in [1.29, 1.82) is 0 Å². The quantitative estimate of drug-likeness (QED) is 0.897. The normalized spacial score (nSPS) is 12.4. The number of nitrogens with zero attached hydrogens (tertiary/aromatic N) is 2. The summed E-state index contributed by atoms with van der Waals surface area (Å²) < 4.78 is 10.9. The molecular formula is C13H17N3O2. The molecule has 1 atom stereocenters. The second kappa shape index (κ2) is 5.18. The van der Waals surface area contributed by atoms with Crippen molar-refractivity contribution in [3.05, 3.63) is 41.1 Å². The van der Waals surface area contributed by atoms with Crippen LogP contribution in [0.15, 0.2) is 22.6 Å². The Morgan fingerprint density at radius 1 is 1.33 bits per heavy atom. The van der Waals surface area contributed by atoms with Crippen LogP contribution in [0.4, 0.5) is 0 Å². The van der Waals surface area contributed by atoms with Crippen LogP contribution < -0.4 is 10.5 Å². The van der Waals surface area contributed by atoms with Gasteiger partial charge in [0.25, 0.3) is 5.89 Å². The molecule has 0 unspecified atom stereocenters. The van der Waals surface area contributed by atoms with Crippen molar-refractivity contribution in [2.24, 2.45) is 5.73 Å². The van der Waals surface area contributed by atoms with Crippen LogP contribution in [0.2, 0.25) is 0 Å². The fourth-order valence-electron chi connectivity index (χ4n) is 1.65. The molecular weight excluding hydrogens is 230 g/mol. The van der Waals surface area contributed by atoms with Crippen molar-refractivity contribution < 1.29 is 9.15 Å². The zero-order valence-electron chi connectivity index (χ0n) is 10.8. The van der Waals surface area contributed by atoms with Gasteiger partial charge in [0.1, 0.15) is 5.75 Å². The van der Waals surface area contributed by atoms with Crippen LogP contribution in [0.1, 0.15) is 35.9 Å². The minimum atomic E-state index is 0.0244. The summed E-state index contributed by atoms with van der Waals surface area (Å²) in [7, 11) is 0. The topological polar surface area (TPSA) is 74.2 Å². The minimum absolute atomic E-state index is 0.0244. The number of rotatable bonds is 4. The number of benzene rings is 1. The number of ether oxygens (including phenoxy) is 1. The lowest BCUT2D eigenvalue weighted by molar-refractivity contribution is 0.259. The molecule has 2 aromatic rings. The minimum Gasteiger partial charge on any atom is -0.484 e. The summed E-state index contributed by atoms with van der Waals surface area (Å²) >= 11 is 0. The van der Waals surface area contributed by atoms with Crippen LogP contribution in [0, 0.1) is 13.8 Å². The van der Waals surface area contributed by atoms with E-state index in [4.69, 9.17) is 14.9 Å². The maximum atomic E-state index is 5.83. The highest BCUT2D eigenvalue weighted by molar-refractivity contribution is 5.37. The second-order valence-electron chi connectivity index (χ2n) is 4.32. The van der Waals surface area contributed by atoms with Crippen molar-refractivity contribution in [2.75, 3.05) is 0 Å². The molecule has 2 N–H and O–H groups in total. The highest BCUT2D eigenvalue weighted by atomic mass is 16.5. The number of hydrogen-bond donors (Lipinski definition) is 1. The van der Waals surface area contributed by atoms with Crippen molar-refractivity contribution in [1.82, 2.24) is 10.2 Å². The summed E-state index contributed by atoms with van der Waals surface area (Å²) in [5, 5.41) is 7.62. The lowest BCUT2D eigenvalue weighted by atomic mass is 10.1. The van der Waals surface area contributed by atoms with Crippen molar-refractivity contribution in [3.8, 4) is 5.75 Å². The fraction of sp³-hybridized carbons (Fsp3) is 0.385. The van der Waals surface area contributed by atoms with Gasteiger partial charge in [0, 0.05) is 13.0 Å². The van der Waals surface area contributed by atoms with Gasteiger partial charge in [-0.15, -0.1) is 10.2 Å². The predicted molar refractivity (Wildman–Crippen MR) is 67.1 cm³/mol. The van der Waals surface area contributed by atoms with Gasteiger partial charge >= 0.3 is 0 Å². The molecule has 96 valence electrons. The highest BCUT2D eigenvalue weighted by Crippen LogP contribution is 2.22. The molecule has 5 heteroatoms. The second-order valence-corrected chi connectivity index (χ2v) is 4.32. The molecule has 0 aliphatic heterocycles. The van der Waals surface area contributed by atoms with E-state index < -0.39 is 0 Å². The summed E-state index contributed by atoms with van der Waals surface area (Å²) in [5.41, 5.74) is 7.96. The maximum Gasteiger partial charge on any atom is 0.253 e. The van der Waals surface area contributed by atoms with Gasteiger partial charge < -0.3 is 14.9 Å². The summed E-state index contributed by atoms with van der Waals surface area (Å²) in [6.07, 6.45) is 0. The van der Waals surface area contributed by atoms with Crippen LogP contribution in [0.3, 0.4) is 0 Å². The Balaban J connectivity index is 2.05. The average Bonchev–Trinajstić information content (AvgIpc) is 2.73. The molecule has 0 saturated carbocycles. The molecule has 18 heavy (non-hydrogen) atoms. The first kappa shape index (κ1) is 12.6. The van der Waals surface area contributed by atoms with Gasteiger partial charge in [0.15, 0.2) is 6.61 Å². The van der Waals surface area contributed by atoms with E-state index in [0.29, 0.717) is 11.8 Å². The lowest BCUT2D eigenvalue weighted by Gasteiger charge is -2.11. The molecule has 0 fully saturated rings. The first-order chi connectivity index (χ1) is 8.56. The summed E-state index contributed by atoms with van der Waals surface area (Å²) in [5.74, 6) is 1.82. The molecule has 2 rings (SSSR count). The maximum absolute atomic E-state index is 5.83. The Morgan fingerprint density at radius 2 is 2.11 bits per heavy atom. The van der Waals surface area contributed by atoms with Crippen LogP contribution in [0.5, 0.6) is 5.75 Å². The van der Waals surface area contributed by atoms with E-state index in [1.807, 2.05) is 32.0 Å². The Morgan fingerprint density at radius 3 is 2.67 bits per heavy atom. The molecule has 0 aliphatic carbocycles. The van der Waals surface area contributed by atoms with Gasteiger partial charge in [-0.1, -0.05) is 12.1 Å². The molecule has 0 bridgehead atoms. The van der Waals surface area contributed by atoms with Crippen molar-refractivity contribution >= 4 is 0 Å². The van der Waals surface area contributed by atoms with Gasteiger partial charge in [-0.25, -0.2) is 0 Å². The van der Waals surface area contributed by atoms with Gasteiger partial charge in [-0.3, -0.25) is 0 Å². The van der Waals surface area contributed by atoms with E-state index >= 15 is 0 Å². The molecule has 1 aromatic carbocycles. The van der Waals surface area contributed by atoms with E-state index in [-0.39, 0.29) is 12.6 Å². The lowest BCUT2D eigenvalue weighted by Crippen LogP contribution is -2.05. The average molecular weight is 247 g/mol. The number of nitrogens with two attached hydrogens (primary N) is 1. The standard InChI is InChI=1S/C13H17N3O2/c1-8-6-11(9(2)14)4-5-12(8)17-7-13-16-15-10(3)18-13/h4-6,9H,7,14H2,1-3H3/t9-/m1/s1. The van der Waals surface area contributed by atoms with Crippen LogP contribution in [0.25, 0.3) is 0 Å². The zero-order valence-corrected chi connectivity index (χ0v) is 10.8. The van der Waals surface area contributed by atoms with E-state index in [1.54, 1.807) is 6.92 Å². The third-order valence-corrected chi connectivity index (χ3v) is 2.64. The van der Waals surface area contributed by atoms with Crippen LogP contribution in [-0.4, -0.2) is 10.2 Å². The largest absolute Gasteiger partial charge is 0.484 e. The molecule has 1 aromatic heterocycles. The SMILES string of the molecule is Cc1nnc(COc2ccc([C@@H](C)N)cc2C)o1. The summed E-state index contributed by atoms with van der Waals surface area (Å²) in [6, 6.07) is 5.93.